The number of sulfonamides is 1. The zero-order chi connectivity index (χ0) is 24.3. The molecule has 6 nitrogen and oxygen atoms in total. The third-order valence-electron chi connectivity index (χ3n) is 7.67. The number of nitrogens with one attached hydrogen (secondary N) is 1. The molecule has 5 rings (SSSR count). The van der Waals surface area contributed by atoms with Gasteiger partial charge in [0.05, 0.1) is 5.69 Å². The molecule has 3 atom stereocenters. The first kappa shape index (κ1) is 23.7. The van der Waals surface area contributed by atoms with E-state index in [9.17, 15) is 12.8 Å². The van der Waals surface area contributed by atoms with E-state index in [2.05, 4.69) is 16.8 Å². The van der Waals surface area contributed by atoms with Gasteiger partial charge in [0.2, 0.25) is 5.95 Å². The molecule has 34 heavy (non-hydrogen) atoms. The van der Waals surface area contributed by atoms with E-state index in [-0.39, 0.29) is 11.1 Å². The molecule has 3 fully saturated rings. The van der Waals surface area contributed by atoms with E-state index < -0.39 is 43.3 Å². The summed E-state index contributed by atoms with van der Waals surface area (Å²) < 4.78 is 70.8. The molecule has 2 saturated heterocycles. The highest BCUT2D eigenvalue weighted by Crippen LogP contribution is 2.53. The van der Waals surface area contributed by atoms with Crippen molar-refractivity contribution in [3.63, 3.8) is 0 Å². The predicted molar refractivity (Wildman–Crippen MR) is 124 cm³/mol. The topological polar surface area (TPSA) is 65.5 Å². The molecule has 1 aromatic heterocycles. The van der Waals surface area contributed by atoms with Gasteiger partial charge in [-0.05, 0) is 57.7 Å². The zero-order valence-corrected chi connectivity index (χ0v) is 20.3. The van der Waals surface area contributed by atoms with Crippen LogP contribution in [0.25, 0.3) is 0 Å². The van der Waals surface area contributed by atoms with Crippen LogP contribution >= 0.6 is 11.6 Å². The van der Waals surface area contributed by atoms with Crippen molar-refractivity contribution >= 4 is 33.1 Å². The van der Waals surface area contributed by atoms with Gasteiger partial charge < -0.3 is 4.90 Å². The van der Waals surface area contributed by atoms with Crippen molar-refractivity contribution in [2.75, 3.05) is 29.3 Å². The molecule has 2 aromatic rings. The molecule has 0 unspecified atom stereocenters. The van der Waals surface area contributed by atoms with Crippen LogP contribution in [0.5, 0.6) is 0 Å². The Morgan fingerprint density at radius 1 is 1.18 bits per heavy atom. The number of pyridine rings is 1. The van der Waals surface area contributed by atoms with E-state index in [4.69, 9.17) is 11.6 Å². The van der Waals surface area contributed by atoms with Gasteiger partial charge in [-0.3, -0.25) is 9.62 Å². The Kier molecular flexibility index (Phi) is 5.97. The third-order valence-corrected chi connectivity index (χ3v) is 9.42. The minimum Gasteiger partial charge on any atom is -0.370 e. The summed E-state index contributed by atoms with van der Waals surface area (Å²) in [6, 6.07) is 5.38. The van der Waals surface area contributed by atoms with Crippen LogP contribution in [-0.4, -0.2) is 50.0 Å². The molecule has 3 heterocycles. The Hall–Kier alpha value is -2.04. The van der Waals surface area contributed by atoms with E-state index in [1.807, 2.05) is 9.62 Å². The lowest BCUT2D eigenvalue weighted by Gasteiger charge is -2.53. The molecule has 1 aliphatic carbocycles. The molecule has 0 bridgehead atoms. The van der Waals surface area contributed by atoms with E-state index >= 15 is 8.78 Å². The van der Waals surface area contributed by atoms with Crippen molar-refractivity contribution < 1.29 is 21.6 Å². The molecule has 1 N–H and O–H groups in total. The van der Waals surface area contributed by atoms with Crippen LogP contribution < -0.4 is 9.62 Å². The van der Waals surface area contributed by atoms with Crippen molar-refractivity contribution in [3.8, 4) is 0 Å². The fraction of sp³-hybridized carbons (Fsp3) is 0.522. The highest BCUT2D eigenvalue weighted by Gasteiger charge is 2.54. The highest BCUT2D eigenvalue weighted by molar-refractivity contribution is 7.92. The molecule has 3 aliphatic rings. The monoisotopic (exact) mass is 514 g/mol. The second-order valence-electron chi connectivity index (χ2n) is 9.60. The van der Waals surface area contributed by atoms with E-state index in [1.165, 1.54) is 25.0 Å². The molecule has 1 spiro atoms. The minimum absolute atomic E-state index is 0.0598. The van der Waals surface area contributed by atoms with E-state index in [1.54, 1.807) is 0 Å². The summed E-state index contributed by atoms with van der Waals surface area (Å²) in [5.74, 6) is -3.97. The molecule has 1 saturated carbocycles. The van der Waals surface area contributed by atoms with Crippen LogP contribution in [0.2, 0.25) is 5.02 Å². The number of aromatic nitrogens is 1. The van der Waals surface area contributed by atoms with Crippen LogP contribution in [0, 0.1) is 23.0 Å². The van der Waals surface area contributed by atoms with Gasteiger partial charge in [0.15, 0.2) is 10.7 Å². The molecule has 0 amide bonds. The summed E-state index contributed by atoms with van der Waals surface area (Å²) in [6.07, 6.45) is 5.44. The van der Waals surface area contributed by atoms with Gasteiger partial charge in [-0.25, -0.2) is 22.2 Å². The van der Waals surface area contributed by atoms with Crippen molar-refractivity contribution in [1.82, 2.24) is 9.88 Å². The van der Waals surface area contributed by atoms with Crippen LogP contribution in [0.4, 0.5) is 24.7 Å². The molecular formula is C23H26ClF3N4O2S. The SMILES string of the molecule is C[C@H]1CCCN1[C@H]1CC[C@@]12CCN(c1cc(F)c(S(=O)(=O)Nc3cccc(F)n3)c(F)c1Cl)C2. The second kappa shape index (κ2) is 8.57. The summed E-state index contributed by atoms with van der Waals surface area (Å²) in [6.45, 7) is 4.54. The third kappa shape index (κ3) is 3.93. The highest BCUT2D eigenvalue weighted by atomic mass is 35.5. The molecule has 11 heteroatoms. The number of nitrogens with zero attached hydrogens (tertiary/aromatic N) is 3. The Balaban J connectivity index is 1.40. The summed E-state index contributed by atoms with van der Waals surface area (Å²) in [5.41, 5.74) is 0.209. The number of anilines is 2. The fourth-order valence-corrected chi connectivity index (χ4v) is 7.36. The largest absolute Gasteiger partial charge is 0.370 e. The predicted octanol–water partition coefficient (Wildman–Crippen LogP) is 4.80. The lowest BCUT2D eigenvalue weighted by Crippen LogP contribution is -2.57. The summed E-state index contributed by atoms with van der Waals surface area (Å²) in [4.78, 5) is 6.59. The molecule has 0 radical (unpaired) electrons. The number of halogens is 4. The average molecular weight is 515 g/mol. The quantitative estimate of drug-likeness (QED) is 0.459. The van der Waals surface area contributed by atoms with Crippen molar-refractivity contribution in [3.05, 3.63) is 46.9 Å². The zero-order valence-electron chi connectivity index (χ0n) is 18.7. The maximum atomic E-state index is 15.2. The lowest BCUT2D eigenvalue weighted by atomic mass is 9.63. The van der Waals surface area contributed by atoms with Crippen molar-refractivity contribution in [1.29, 1.82) is 0 Å². The number of rotatable bonds is 5. The lowest BCUT2D eigenvalue weighted by molar-refractivity contribution is -0.0152. The van der Waals surface area contributed by atoms with Gasteiger partial charge >= 0.3 is 0 Å². The first-order chi connectivity index (χ1) is 16.1. The first-order valence-corrected chi connectivity index (χ1v) is 13.3. The Bertz CT molecular complexity index is 1230. The first-order valence-electron chi connectivity index (χ1n) is 11.4. The maximum Gasteiger partial charge on any atom is 0.268 e. The number of likely N-dealkylation sites (tertiary alicyclic amines) is 1. The van der Waals surface area contributed by atoms with Gasteiger partial charge in [-0.2, -0.15) is 4.39 Å². The van der Waals surface area contributed by atoms with Crippen molar-refractivity contribution in [2.24, 2.45) is 5.41 Å². The van der Waals surface area contributed by atoms with Crippen LogP contribution in [0.15, 0.2) is 29.2 Å². The second-order valence-corrected chi connectivity index (χ2v) is 11.6. The Morgan fingerprint density at radius 3 is 2.62 bits per heavy atom. The smallest absolute Gasteiger partial charge is 0.268 e. The van der Waals surface area contributed by atoms with Gasteiger partial charge in [0.25, 0.3) is 10.0 Å². The van der Waals surface area contributed by atoms with E-state index in [0.717, 1.165) is 37.9 Å². The summed E-state index contributed by atoms with van der Waals surface area (Å²) in [5, 5.41) is -0.448. The Morgan fingerprint density at radius 2 is 1.97 bits per heavy atom. The van der Waals surface area contributed by atoms with Gasteiger partial charge in [0, 0.05) is 36.7 Å². The van der Waals surface area contributed by atoms with Gasteiger partial charge in [-0.1, -0.05) is 17.7 Å². The number of hydrogen-bond donors (Lipinski definition) is 1. The van der Waals surface area contributed by atoms with Crippen LogP contribution in [0.3, 0.4) is 0 Å². The number of hydrogen-bond acceptors (Lipinski definition) is 5. The Labute approximate surface area is 202 Å². The fourth-order valence-electron chi connectivity index (χ4n) is 5.89. The minimum atomic E-state index is -4.74. The van der Waals surface area contributed by atoms with Crippen LogP contribution in [-0.2, 0) is 10.0 Å². The molecule has 184 valence electrons. The summed E-state index contributed by atoms with van der Waals surface area (Å²) in [7, 11) is -4.74. The molecule has 2 aliphatic heterocycles. The molecular weight excluding hydrogens is 489 g/mol. The van der Waals surface area contributed by atoms with Gasteiger partial charge in [-0.15, -0.1) is 0 Å². The average Bonchev–Trinajstić information content (AvgIpc) is 3.38. The van der Waals surface area contributed by atoms with Crippen molar-refractivity contribution in [2.45, 2.75) is 56.0 Å². The summed E-state index contributed by atoms with van der Waals surface area (Å²) >= 11 is 6.26. The van der Waals surface area contributed by atoms with Gasteiger partial charge in [0.1, 0.15) is 16.7 Å². The number of benzene rings is 1. The molecule has 1 aromatic carbocycles. The normalized spacial score (nSPS) is 27.4. The standard InChI is InChI=1S/C23H26ClF3N4O2S/c1-14-4-3-10-31(14)17-7-8-23(17)9-11-30(13-23)16-12-15(25)22(21(27)20(16)24)34(32,33)29-19-6-2-5-18(26)28-19/h2,5-6,12,14,17H,3-4,7-11,13H2,1H3,(H,28,29)/t14-,17-,23-/m0/s1. The van der Waals surface area contributed by atoms with E-state index in [0.29, 0.717) is 25.2 Å². The van der Waals surface area contributed by atoms with Crippen LogP contribution in [0.1, 0.15) is 39.0 Å². The maximum absolute atomic E-state index is 15.2.